The predicted octanol–water partition coefficient (Wildman–Crippen LogP) is 1.66. The summed E-state index contributed by atoms with van der Waals surface area (Å²) in [5.41, 5.74) is 0.952. The summed E-state index contributed by atoms with van der Waals surface area (Å²) in [5.74, 6) is -0.205. The summed E-state index contributed by atoms with van der Waals surface area (Å²) < 4.78 is 4.15. The standard InChI is InChI=1S/C12H17N3O2S/c1-7-10(12(16)17)11(18-14-7)13-9-6-15-4-2-8(9)3-5-15/h8-9,13H,2-6H2,1H3,(H,16,17). The van der Waals surface area contributed by atoms with Crippen molar-refractivity contribution in [1.82, 2.24) is 9.27 Å². The quantitative estimate of drug-likeness (QED) is 0.872. The number of aryl methyl sites for hydroxylation is 1. The Morgan fingerprint density at radius 2 is 2.22 bits per heavy atom. The van der Waals surface area contributed by atoms with Gasteiger partial charge in [0.25, 0.3) is 0 Å². The van der Waals surface area contributed by atoms with Crippen molar-refractivity contribution in [2.45, 2.75) is 25.8 Å². The molecule has 18 heavy (non-hydrogen) atoms. The van der Waals surface area contributed by atoms with Gasteiger partial charge in [0.05, 0.1) is 5.69 Å². The molecule has 0 spiro atoms. The summed E-state index contributed by atoms with van der Waals surface area (Å²) >= 11 is 1.27. The second kappa shape index (κ2) is 4.51. The van der Waals surface area contributed by atoms with Crippen molar-refractivity contribution in [2.75, 3.05) is 25.0 Å². The van der Waals surface area contributed by atoms with Gasteiger partial charge in [-0.15, -0.1) is 0 Å². The first-order valence-corrected chi connectivity index (χ1v) is 7.11. The van der Waals surface area contributed by atoms with Gasteiger partial charge in [-0.05, 0) is 50.3 Å². The summed E-state index contributed by atoms with van der Waals surface area (Å²) in [6, 6.07) is 0.380. The number of nitrogens with one attached hydrogen (secondary N) is 1. The van der Waals surface area contributed by atoms with Crippen LogP contribution >= 0.6 is 11.5 Å². The fourth-order valence-corrected chi connectivity index (χ4v) is 3.87. The predicted molar refractivity (Wildman–Crippen MR) is 70.4 cm³/mol. The molecule has 4 heterocycles. The van der Waals surface area contributed by atoms with Crippen LogP contribution in [0.15, 0.2) is 0 Å². The van der Waals surface area contributed by atoms with Gasteiger partial charge in [0.2, 0.25) is 0 Å². The molecule has 0 aromatic carbocycles. The molecule has 2 bridgehead atoms. The van der Waals surface area contributed by atoms with Crippen LogP contribution in [0.25, 0.3) is 0 Å². The largest absolute Gasteiger partial charge is 0.478 e. The third kappa shape index (κ3) is 1.99. The summed E-state index contributed by atoms with van der Waals surface area (Å²) in [6.07, 6.45) is 2.44. The molecule has 0 aliphatic carbocycles. The van der Waals surface area contributed by atoms with Crippen LogP contribution < -0.4 is 5.32 Å². The molecular weight excluding hydrogens is 250 g/mol. The van der Waals surface area contributed by atoms with Crippen molar-refractivity contribution < 1.29 is 9.90 Å². The van der Waals surface area contributed by atoms with E-state index in [4.69, 9.17) is 0 Å². The lowest BCUT2D eigenvalue weighted by Gasteiger charge is -2.45. The Bertz CT molecular complexity index is 466. The van der Waals surface area contributed by atoms with Gasteiger partial charge in [-0.1, -0.05) is 0 Å². The molecule has 1 unspecified atom stereocenters. The monoisotopic (exact) mass is 267 g/mol. The van der Waals surface area contributed by atoms with Gasteiger partial charge >= 0.3 is 5.97 Å². The zero-order valence-electron chi connectivity index (χ0n) is 10.3. The third-order valence-corrected chi connectivity index (χ3v) is 4.92. The van der Waals surface area contributed by atoms with Gasteiger partial charge in [0, 0.05) is 12.6 Å². The molecule has 6 heteroatoms. The van der Waals surface area contributed by atoms with Gasteiger partial charge in [0.1, 0.15) is 10.6 Å². The van der Waals surface area contributed by atoms with E-state index >= 15 is 0 Å². The highest BCUT2D eigenvalue weighted by molar-refractivity contribution is 7.10. The lowest BCUT2D eigenvalue weighted by atomic mass is 9.84. The summed E-state index contributed by atoms with van der Waals surface area (Å²) in [4.78, 5) is 13.7. The highest BCUT2D eigenvalue weighted by Crippen LogP contribution is 2.32. The minimum absolute atomic E-state index is 0.344. The van der Waals surface area contributed by atoms with Crippen LogP contribution in [0.1, 0.15) is 28.9 Å². The molecule has 2 N–H and O–H groups in total. The molecule has 1 aromatic heterocycles. The van der Waals surface area contributed by atoms with Gasteiger partial charge in [0.15, 0.2) is 0 Å². The Kier molecular flexibility index (Phi) is 2.99. The van der Waals surface area contributed by atoms with E-state index in [0.29, 0.717) is 23.2 Å². The fraction of sp³-hybridized carbons (Fsp3) is 0.667. The van der Waals surface area contributed by atoms with Crippen LogP contribution in [0.2, 0.25) is 0 Å². The van der Waals surface area contributed by atoms with Gasteiger partial charge in [-0.3, -0.25) is 0 Å². The summed E-state index contributed by atoms with van der Waals surface area (Å²) in [6.45, 7) is 5.16. The molecule has 1 atom stereocenters. The maximum atomic E-state index is 11.2. The second-order valence-electron chi connectivity index (χ2n) is 5.17. The number of nitrogens with zero attached hydrogens (tertiary/aromatic N) is 2. The van der Waals surface area contributed by atoms with Crippen LogP contribution in [0.4, 0.5) is 5.00 Å². The fourth-order valence-electron chi connectivity index (χ4n) is 3.02. The number of rotatable bonds is 3. The first kappa shape index (κ1) is 11.9. The zero-order valence-corrected chi connectivity index (χ0v) is 11.2. The maximum absolute atomic E-state index is 11.2. The van der Waals surface area contributed by atoms with Gasteiger partial charge < -0.3 is 15.3 Å². The highest BCUT2D eigenvalue weighted by Gasteiger charge is 2.35. The van der Waals surface area contributed by atoms with E-state index in [2.05, 4.69) is 14.6 Å². The maximum Gasteiger partial charge on any atom is 0.340 e. The second-order valence-corrected chi connectivity index (χ2v) is 5.94. The summed E-state index contributed by atoms with van der Waals surface area (Å²) in [7, 11) is 0. The SMILES string of the molecule is Cc1nsc(NC2CN3CCC2CC3)c1C(=O)O. The summed E-state index contributed by atoms with van der Waals surface area (Å²) in [5, 5.41) is 13.4. The minimum atomic E-state index is -0.884. The Balaban J connectivity index is 1.79. The number of fused-ring (bicyclic) bond motifs is 3. The van der Waals surface area contributed by atoms with Gasteiger partial charge in [-0.25, -0.2) is 4.79 Å². The number of aromatic carboxylic acids is 1. The smallest absolute Gasteiger partial charge is 0.340 e. The van der Waals surface area contributed by atoms with E-state index in [0.717, 1.165) is 11.5 Å². The molecule has 0 saturated carbocycles. The van der Waals surface area contributed by atoms with E-state index in [1.54, 1.807) is 6.92 Å². The number of aromatic nitrogens is 1. The van der Waals surface area contributed by atoms with E-state index in [1.807, 2.05) is 0 Å². The van der Waals surface area contributed by atoms with Crippen LogP contribution in [0.5, 0.6) is 0 Å². The van der Waals surface area contributed by atoms with E-state index in [-0.39, 0.29) is 0 Å². The van der Waals surface area contributed by atoms with E-state index < -0.39 is 5.97 Å². The molecule has 0 radical (unpaired) electrons. The number of carbonyl (C=O) groups is 1. The molecule has 98 valence electrons. The normalized spacial score (nSPS) is 30.4. The van der Waals surface area contributed by atoms with E-state index in [9.17, 15) is 9.90 Å². The van der Waals surface area contributed by atoms with Crippen LogP contribution in [-0.4, -0.2) is 46.0 Å². The molecule has 5 nitrogen and oxygen atoms in total. The Morgan fingerprint density at radius 1 is 1.50 bits per heavy atom. The number of anilines is 1. The molecule has 3 saturated heterocycles. The topological polar surface area (TPSA) is 65.5 Å². The van der Waals surface area contributed by atoms with Crippen molar-refractivity contribution in [2.24, 2.45) is 5.92 Å². The average molecular weight is 267 g/mol. The lowest BCUT2D eigenvalue weighted by Crippen LogP contribution is -2.53. The molecule has 0 amide bonds. The Morgan fingerprint density at radius 3 is 2.78 bits per heavy atom. The van der Waals surface area contributed by atoms with E-state index in [1.165, 1.54) is 37.5 Å². The average Bonchev–Trinajstić information content (AvgIpc) is 2.72. The number of carboxylic acid groups (broad SMARTS) is 1. The highest BCUT2D eigenvalue weighted by atomic mass is 32.1. The minimum Gasteiger partial charge on any atom is -0.478 e. The van der Waals surface area contributed by atoms with Crippen molar-refractivity contribution in [1.29, 1.82) is 0 Å². The van der Waals surface area contributed by atoms with Crippen molar-refractivity contribution >= 4 is 22.5 Å². The first-order chi connectivity index (χ1) is 8.65. The molecular formula is C12H17N3O2S. The zero-order chi connectivity index (χ0) is 12.7. The van der Waals surface area contributed by atoms with Crippen LogP contribution in [0.3, 0.4) is 0 Å². The van der Waals surface area contributed by atoms with Crippen molar-refractivity contribution in [3.63, 3.8) is 0 Å². The number of hydrogen-bond acceptors (Lipinski definition) is 5. The number of carboxylic acids is 1. The van der Waals surface area contributed by atoms with Crippen molar-refractivity contribution in [3.8, 4) is 0 Å². The number of hydrogen-bond donors (Lipinski definition) is 2. The van der Waals surface area contributed by atoms with Gasteiger partial charge in [-0.2, -0.15) is 4.37 Å². The number of piperidine rings is 3. The Labute approximate surface area is 110 Å². The van der Waals surface area contributed by atoms with Crippen LogP contribution in [0, 0.1) is 12.8 Å². The Hall–Kier alpha value is -1.14. The molecule has 3 fully saturated rings. The molecule has 4 rings (SSSR count). The third-order valence-electron chi connectivity index (χ3n) is 4.05. The van der Waals surface area contributed by atoms with Crippen molar-refractivity contribution in [3.05, 3.63) is 11.3 Å². The lowest BCUT2D eigenvalue weighted by molar-refractivity contribution is 0.0696. The first-order valence-electron chi connectivity index (χ1n) is 6.33. The molecule has 3 aliphatic rings. The van der Waals surface area contributed by atoms with Crippen LogP contribution in [-0.2, 0) is 0 Å². The molecule has 1 aromatic rings. The molecule has 3 aliphatic heterocycles.